The van der Waals surface area contributed by atoms with Crippen LogP contribution in [0.3, 0.4) is 0 Å². The van der Waals surface area contributed by atoms with Crippen LogP contribution in [0.1, 0.15) is 19.4 Å². The minimum Gasteiger partial charge on any atom is -0.317 e. The van der Waals surface area contributed by atoms with Gasteiger partial charge in [0.15, 0.2) is 0 Å². The number of hydrogen-bond acceptors (Lipinski definition) is 1. The summed E-state index contributed by atoms with van der Waals surface area (Å²) in [5.41, 5.74) is 3.64. The molecule has 1 aromatic rings. The van der Waals surface area contributed by atoms with E-state index < -0.39 is 0 Å². The van der Waals surface area contributed by atoms with E-state index in [0.717, 1.165) is 0 Å². The highest BCUT2D eigenvalue weighted by Crippen LogP contribution is 2.31. The maximum atomic E-state index is 3.89. The topological polar surface area (TPSA) is 3.24 Å². The zero-order valence-electron chi connectivity index (χ0n) is 9.85. The van der Waals surface area contributed by atoms with Gasteiger partial charge in [-0.25, -0.2) is 0 Å². The molecular formula is C15H17N. The van der Waals surface area contributed by atoms with Crippen molar-refractivity contribution in [1.82, 2.24) is 0 Å². The first kappa shape index (κ1) is 10.7. The molecule has 0 saturated heterocycles. The number of fused-ring (bicyclic) bond motifs is 1. The first-order valence-electron chi connectivity index (χ1n) is 5.63. The largest absolute Gasteiger partial charge is 0.317 e. The average Bonchev–Trinajstić information content (AvgIpc) is 2.28. The van der Waals surface area contributed by atoms with Crippen LogP contribution in [0, 0.1) is 5.92 Å². The maximum Gasteiger partial charge on any atom is 0.0527 e. The third-order valence-electron chi connectivity index (χ3n) is 2.59. The summed E-state index contributed by atoms with van der Waals surface area (Å²) in [6.07, 6.45) is 8.41. The summed E-state index contributed by atoms with van der Waals surface area (Å²) >= 11 is 0. The van der Waals surface area contributed by atoms with Crippen molar-refractivity contribution >= 4 is 11.8 Å². The Morgan fingerprint density at radius 3 is 2.62 bits per heavy atom. The molecule has 82 valence electrons. The van der Waals surface area contributed by atoms with E-state index in [1.165, 1.54) is 16.9 Å². The number of para-hydroxylation sites is 1. The normalized spacial score (nSPS) is 16.7. The summed E-state index contributed by atoms with van der Waals surface area (Å²) in [7, 11) is 0. The number of benzene rings is 1. The molecule has 1 heteroatoms. The van der Waals surface area contributed by atoms with Crippen molar-refractivity contribution in [2.24, 2.45) is 5.92 Å². The number of allylic oxidation sites excluding steroid dienone is 2. The third kappa shape index (κ3) is 1.94. The van der Waals surface area contributed by atoms with Crippen molar-refractivity contribution in [2.45, 2.75) is 13.8 Å². The summed E-state index contributed by atoms with van der Waals surface area (Å²) in [5, 5.41) is 0. The van der Waals surface area contributed by atoms with Crippen molar-refractivity contribution in [3.63, 3.8) is 0 Å². The van der Waals surface area contributed by atoms with Crippen LogP contribution in [-0.4, -0.2) is 0 Å². The standard InChI is InChI=1S/C15H17N/c1-4-16-14(11-12(2)3)10-9-13-7-5-6-8-15(13)16/h4-12H,1H2,2-3H3/b14-11-. The van der Waals surface area contributed by atoms with Gasteiger partial charge in [0.1, 0.15) is 0 Å². The first-order valence-corrected chi connectivity index (χ1v) is 5.63. The van der Waals surface area contributed by atoms with E-state index in [4.69, 9.17) is 0 Å². The minimum absolute atomic E-state index is 0.535. The molecule has 1 aliphatic rings. The highest BCUT2D eigenvalue weighted by molar-refractivity contribution is 5.77. The Bertz CT molecular complexity index is 452. The predicted octanol–water partition coefficient (Wildman–Crippen LogP) is 4.20. The molecule has 1 aliphatic heterocycles. The van der Waals surface area contributed by atoms with Gasteiger partial charge in [0, 0.05) is 11.9 Å². The molecule has 0 saturated carbocycles. The van der Waals surface area contributed by atoms with E-state index in [1.807, 2.05) is 6.20 Å². The van der Waals surface area contributed by atoms with Gasteiger partial charge in [0.2, 0.25) is 0 Å². The molecule has 0 bridgehead atoms. The second-order valence-electron chi connectivity index (χ2n) is 4.28. The fourth-order valence-corrected chi connectivity index (χ4v) is 1.92. The van der Waals surface area contributed by atoms with Gasteiger partial charge in [0.05, 0.1) is 5.69 Å². The van der Waals surface area contributed by atoms with Crippen LogP contribution < -0.4 is 4.90 Å². The van der Waals surface area contributed by atoms with Gasteiger partial charge in [-0.3, -0.25) is 0 Å². The first-order chi connectivity index (χ1) is 7.72. The Kier molecular flexibility index (Phi) is 2.95. The van der Waals surface area contributed by atoms with Crippen LogP contribution in [0.2, 0.25) is 0 Å². The van der Waals surface area contributed by atoms with Crippen molar-refractivity contribution in [2.75, 3.05) is 4.90 Å². The van der Waals surface area contributed by atoms with Gasteiger partial charge in [-0.2, -0.15) is 0 Å². The molecule has 1 heterocycles. The van der Waals surface area contributed by atoms with Gasteiger partial charge >= 0.3 is 0 Å². The molecule has 0 N–H and O–H groups in total. The number of anilines is 1. The molecule has 0 aliphatic carbocycles. The fourth-order valence-electron chi connectivity index (χ4n) is 1.92. The molecular weight excluding hydrogens is 194 g/mol. The summed E-state index contributed by atoms with van der Waals surface area (Å²) in [5.74, 6) is 0.535. The molecule has 0 unspecified atom stereocenters. The summed E-state index contributed by atoms with van der Waals surface area (Å²) in [6, 6.07) is 8.35. The summed E-state index contributed by atoms with van der Waals surface area (Å²) in [4.78, 5) is 2.13. The zero-order valence-corrected chi connectivity index (χ0v) is 9.85. The average molecular weight is 211 g/mol. The van der Waals surface area contributed by atoms with Gasteiger partial charge in [-0.1, -0.05) is 50.8 Å². The Morgan fingerprint density at radius 1 is 1.19 bits per heavy atom. The van der Waals surface area contributed by atoms with E-state index in [1.54, 1.807) is 0 Å². The second-order valence-corrected chi connectivity index (χ2v) is 4.28. The Balaban J connectivity index is 2.48. The van der Waals surface area contributed by atoms with E-state index in [0.29, 0.717) is 5.92 Å². The smallest absolute Gasteiger partial charge is 0.0527 e. The molecule has 0 spiro atoms. The molecule has 2 rings (SSSR count). The second kappa shape index (κ2) is 4.40. The molecule has 16 heavy (non-hydrogen) atoms. The Hall–Kier alpha value is -1.76. The van der Waals surface area contributed by atoms with Crippen LogP contribution in [0.4, 0.5) is 5.69 Å². The van der Waals surface area contributed by atoms with Crippen LogP contribution in [0.5, 0.6) is 0 Å². The van der Waals surface area contributed by atoms with Crippen LogP contribution >= 0.6 is 0 Å². The van der Waals surface area contributed by atoms with Gasteiger partial charge in [-0.05, 0) is 23.6 Å². The van der Waals surface area contributed by atoms with Gasteiger partial charge < -0.3 is 4.90 Å². The molecule has 1 nitrogen and oxygen atoms in total. The van der Waals surface area contributed by atoms with E-state index in [9.17, 15) is 0 Å². The van der Waals surface area contributed by atoms with Gasteiger partial charge in [0.25, 0.3) is 0 Å². The quantitative estimate of drug-likeness (QED) is 0.708. The number of nitrogens with zero attached hydrogens (tertiary/aromatic N) is 1. The lowest BCUT2D eigenvalue weighted by Gasteiger charge is -2.27. The summed E-state index contributed by atoms with van der Waals surface area (Å²) in [6.45, 7) is 8.26. The minimum atomic E-state index is 0.535. The summed E-state index contributed by atoms with van der Waals surface area (Å²) < 4.78 is 0. The Morgan fingerprint density at radius 2 is 1.94 bits per heavy atom. The molecule has 0 fully saturated rings. The zero-order chi connectivity index (χ0) is 11.5. The van der Waals surface area contributed by atoms with Crippen LogP contribution in [-0.2, 0) is 0 Å². The van der Waals surface area contributed by atoms with Gasteiger partial charge in [-0.15, -0.1) is 0 Å². The van der Waals surface area contributed by atoms with Crippen molar-refractivity contribution < 1.29 is 0 Å². The third-order valence-corrected chi connectivity index (χ3v) is 2.59. The van der Waals surface area contributed by atoms with E-state index in [2.05, 4.69) is 67.8 Å². The van der Waals surface area contributed by atoms with Crippen molar-refractivity contribution in [3.8, 4) is 0 Å². The molecule has 0 atom stereocenters. The predicted molar refractivity (Wildman–Crippen MR) is 71.1 cm³/mol. The SMILES string of the molecule is C=CN1/C(=C\C(C)C)C=Cc2ccccc21. The van der Waals surface area contributed by atoms with Crippen LogP contribution in [0.25, 0.3) is 6.08 Å². The molecule has 1 aromatic carbocycles. The lowest BCUT2D eigenvalue weighted by molar-refractivity contribution is 0.820. The number of rotatable bonds is 2. The lowest BCUT2D eigenvalue weighted by Crippen LogP contribution is -2.17. The Labute approximate surface area is 97.4 Å². The van der Waals surface area contributed by atoms with Crippen molar-refractivity contribution in [3.05, 3.63) is 60.5 Å². The molecule has 0 radical (unpaired) electrons. The molecule has 0 amide bonds. The lowest BCUT2D eigenvalue weighted by atomic mass is 10.0. The van der Waals surface area contributed by atoms with E-state index >= 15 is 0 Å². The van der Waals surface area contributed by atoms with E-state index in [-0.39, 0.29) is 0 Å². The highest BCUT2D eigenvalue weighted by atomic mass is 15.1. The number of hydrogen-bond donors (Lipinski definition) is 0. The van der Waals surface area contributed by atoms with Crippen molar-refractivity contribution in [1.29, 1.82) is 0 Å². The fraction of sp³-hybridized carbons (Fsp3) is 0.200. The van der Waals surface area contributed by atoms with Crippen LogP contribution in [0.15, 0.2) is 54.9 Å². The maximum absolute atomic E-state index is 3.89. The molecule has 0 aromatic heterocycles. The highest BCUT2D eigenvalue weighted by Gasteiger charge is 2.14. The monoisotopic (exact) mass is 211 g/mol.